The highest BCUT2D eigenvalue weighted by molar-refractivity contribution is 6.03. The maximum Gasteiger partial charge on any atom is 0.274 e. The number of carbonyl (C=O) groups excluding carboxylic acids is 1. The number of rotatable bonds is 7. The van der Waals surface area contributed by atoms with Gasteiger partial charge in [0.25, 0.3) is 5.91 Å². The Labute approximate surface area is 170 Å². The highest BCUT2D eigenvalue weighted by Gasteiger charge is 2.13. The largest absolute Gasteiger partial charge is 0.497 e. The second-order valence-electron chi connectivity index (χ2n) is 6.69. The van der Waals surface area contributed by atoms with Gasteiger partial charge in [-0.1, -0.05) is 18.2 Å². The van der Waals surface area contributed by atoms with Gasteiger partial charge in [0.2, 0.25) is 5.95 Å². The van der Waals surface area contributed by atoms with Crippen LogP contribution >= 0.6 is 0 Å². The lowest BCUT2D eigenvalue weighted by Crippen LogP contribution is -2.15. The first kappa shape index (κ1) is 20.1. The number of hydrogen-bond donors (Lipinski definition) is 2. The molecule has 3 rings (SSSR count). The molecule has 0 saturated carbocycles. The zero-order valence-electron chi connectivity index (χ0n) is 16.9. The molecule has 2 aromatic carbocycles. The standard InChI is InChI=1S/C22H24N4O3/c1-14(2)29-20-11-6-5-10-18(20)25-22-23-15(3)12-19(26-22)21(27)24-16-8-7-9-17(13-16)28-4/h5-14H,1-4H3,(H,24,27)(H,23,25,26). The van der Waals surface area contributed by atoms with Crippen LogP contribution in [0.2, 0.25) is 0 Å². The Balaban J connectivity index is 1.82. The van der Waals surface area contributed by atoms with Crippen molar-refractivity contribution in [2.45, 2.75) is 26.9 Å². The number of hydrogen-bond acceptors (Lipinski definition) is 6. The molecule has 0 aliphatic carbocycles. The molecule has 1 heterocycles. The molecule has 0 bridgehead atoms. The second-order valence-corrected chi connectivity index (χ2v) is 6.69. The zero-order valence-corrected chi connectivity index (χ0v) is 16.9. The van der Waals surface area contributed by atoms with E-state index < -0.39 is 0 Å². The molecule has 0 unspecified atom stereocenters. The van der Waals surface area contributed by atoms with Gasteiger partial charge < -0.3 is 20.1 Å². The molecule has 0 aliphatic rings. The summed E-state index contributed by atoms with van der Waals surface area (Å²) in [5, 5.41) is 5.98. The first-order chi connectivity index (χ1) is 13.9. The number of methoxy groups -OCH3 is 1. The highest BCUT2D eigenvalue weighted by atomic mass is 16.5. The van der Waals surface area contributed by atoms with Crippen LogP contribution in [0.5, 0.6) is 11.5 Å². The molecule has 3 aromatic rings. The molecule has 7 heteroatoms. The van der Waals surface area contributed by atoms with E-state index in [2.05, 4.69) is 20.6 Å². The van der Waals surface area contributed by atoms with Gasteiger partial charge in [0.1, 0.15) is 17.2 Å². The van der Waals surface area contributed by atoms with Crippen LogP contribution in [0.25, 0.3) is 0 Å². The smallest absolute Gasteiger partial charge is 0.274 e. The van der Waals surface area contributed by atoms with Crippen molar-refractivity contribution >= 4 is 23.2 Å². The molecule has 0 radical (unpaired) electrons. The summed E-state index contributed by atoms with van der Waals surface area (Å²) < 4.78 is 11.0. The Bertz CT molecular complexity index is 1000. The summed E-state index contributed by atoms with van der Waals surface area (Å²) in [6.45, 7) is 5.73. The summed E-state index contributed by atoms with van der Waals surface area (Å²) in [5.74, 6) is 1.33. The molecular formula is C22H24N4O3. The number of para-hydroxylation sites is 2. The van der Waals surface area contributed by atoms with Gasteiger partial charge in [-0.2, -0.15) is 0 Å². The van der Waals surface area contributed by atoms with Gasteiger partial charge in [-0.15, -0.1) is 0 Å². The number of nitrogens with one attached hydrogen (secondary N) is 2. The van der Waals surface area contributed by atoms with Crippen molar-refractivity contribution in [1.29, 1.82) is 0 Å². The minimum atomic E-state index is -0.335. The molecule has 0 spiro atoms. The van der Waals surface area contributed by atoms with Gasteiger partial charge in [0.05, 0.1) is 18.9 Å². The van der Waals surface area contributed by atoms with Crippen molar-refractivity contribution < 1.29 is 14.3 Å². The fourth-order valence-electron chi connectivity index (χ4n) is 2.68. The first-order valence-corrected chi connectivity index (χ1v) is 9.28. The Morgan fingerprint density at radius 3 is 2.59 bits per heavy atom. The lowest BCUT2D eigenvalue weighted by atomic mass is 10.2. The van der Waals surface area contributed by atoms with Crippen molar-refractivity contribution in [1.82, 2.24) is 9.97 Å². The monoisotopic (exact) mass is 392 g/mol. The summed E-state index contributed by atoms with van der Waals surface area (Å²) in [6.07, 6.45) is 0.0283. The van der Waals surface area contributed by atoms with E-state index >= 15 is 0 Å². The number of nitrogens with zero attached hydrogens (tertiary/aromatic N) is 2. The van der Waals surface area contributed by atoms with Crippen molar-refractivity contribution in [3.63, 3.8) is 0 Å². The van der Waals surface area contributed by atoms with Gasteiger partial charge >= 0.3 is 0 Å². The second kappa shape index (κ2) is 9.05. The van der Waals surface area contributed by atoms with Crippen LogP contribution in [0, 0.1) is 6.92 Å². The number of anilines is 3. The van der Waals surface area contributed by atoms with Crippen LogP contribution in [0.15, 0.2) is 54.6 Å². The molecule has 0 aliphatic heterocycles. The Morgan fingerprint density at radius 1 is 1.03 bits per heavy atom. The van der Waals surface area contributed by atoms with Crippen molar-refractivity contribution in [2.24, 2.45) is 0 Å². The van der Waals surface area contributed by atoms with E-state index in [1.165, 1.54) is 0 Å². The number of aryl methyl sites for hydroxylation is 1. The van der Waals surface area contributed by atoms with E-state index in [-0.39, 0.29) is 17.7 Å². The van der Waals surface area contributed by atoms with E-state index in [1.807, 2.05) is 51.1 Å². The van der Waals surface area contributed by atoms with Crippen LogP contribution in [0.4, 0.5) is 17.3 Å². The SMILES string of the molecule is COc1cccc(NC(=O)c2cc(C)nc(Nc3ccccc3OC(C)C)n2)c1. The van der Waals surface area contributed by atoms with Gasteiger partial charge in [-0.25, -0.2) is 9.97 Å². The predicted octanol–water partition coefficient (Wildman–Crippen LogP) is 4.58. The Morgan fingerprint density at radius 2 is 1.83 bits per heavy atom. The normalized spacial score (nSPS) is 10.5. The minimum Gasteiger partial charge on any atom is -0.497 e. The van der Waals surface area contributed by atoms with Gasteiger partial charge in [-0.3, -0.25) is 4.79 Å². The van der Waals surface area contributed by atoms with Crippen LogP contribution in [-0.2, 0) is 0 Å². The van der Waals surface area contributed by atoms with Gasteiger partial charge in [-0.05, 0) is 51.1 Å². The topological polar surface area (TPSA) is 85.4 Å². The molecule has 150 valence electrons. The highest BCUT2D eigenvalue weighted by Crippen LogP contribution is 2.27. The van der Waals surface area contributed by atoms with E-state index in [0.29, 0.717) is 28.8 Å². The van der Waals surface area contributed by atoms with Crippen LogP contribution < -0.4 is 20.1 Å². The fourth-order valence-corrected chi connectivity index (χ4v) is 2.68. The minimum absolute atomic E-state index is 0.0283. The summed E-state index contributed by atoms with van der Waals surface area (Å²) in [5.41, 5.74) is 2.27. The molecule has 0 atom stereocenters. The average Bonchev–Trinajstić information content (AvgIpc) is 2.69. The fraction of sp³-hybridized carbons (Fsp3) is 0.227. The molecule has 1 amide bonds. The molecule has 0 saturated heterocycles. The third-order valence-corrected chi connectivity index (χ3v) is 3.91. The maximum atomic E-state index is 12.7. The third-order valence-electron chi connectivity index (χ3n) is 3.91. The van der Waals surface area contributed by atoms with E-state index in [0.717, 1.165) is 5.69 Å². The summed E-state index contributed by atoms with van der Waals surface area (Å²) in [4.78, 5) is 21.4. The Hall–Kier alpha value is -3.61. The van der Waals surface area contributed by atoms with Crippen LogP contribution in [0.1, 0.15) is 30.0 Å². The maximum absolute atomic E-state index is 12.7. The first-order valence-electron chi connectivity index (χ1n) is 9.28. The molecule has 29 heavy (non-hydrogen) atoms. The number of aromatic nitrogens is 2. The summed E-state index contributed by atoms with van der Waals surface area (Å²) in [6, 6.07) is 16.3. The van der Waals surface area contributed by atoms with E-state index in [4.69, 9.17) is 9.47 Å². The quantitative estimate of drug-likeness (QED) is 0.612. The summed E-state index contributed by atoms with van der Waals surface area (Å²) >= 11 is 0. The van der Waals surface area contributed by atoms with Crippen LogP contribution in [0.3, 0.4) is 0 Å². The van der Waals surface area contributed by atoms with Crippen molar-refractivity contribution in [2.75, 3.05) is 17.7 Å². The van der Waals surface area contributed by atoms with Crippen molar-refractivity contribution in [3.8, 4) is 11.5 Å². The Kier molecular flexibility index (Phi) is 6.29. The van der Waals surface area contributed by atoms with Gasteiger partial charge in [0.15, 0.2) is 0 Å². The zero-order chi connectivity index (χ0) is 20.8. The van der Waals surface area contributed by atoms with Crippen molar-refractivity contribution in [3.05, 3.63) is 66.0 Å². The number of amides is 1. The average molecular weight is 392 g/mol. The third kappa shape index (κ3) is 5.44. The lowest BCUT2D eigenvalue weighted by molar-refractivity contribution is 0.102. The lowest BCUT2D eigenvalue weighted by Gasteiger charge is -2.15. The van der Waals surface area contributed by atoms with Gasteiger partial charge in [0, 0.05) is 17.4 Å². The number of carbonyl (C=O) groups is 1. The molecule has 0 fully saturated rings. The molecular weight excluding hydrogens is 368 g/mol. The number of benzene rings is 2. The molecule has 7 nitrogen and oxygen atoms in total. The van der Waals surface area contributed by atoms with E-state index in [9.17, 15) is 4.79 Å². The molecule has 1 aromatic heterocycles. The summed E-state index contributed by atoms with van der Waals surface area (Å²) in [7, 11) is 1.58. The van der Waals surface area contributed by atoms with E-state index in [1.54, 1.807) is 31.4 Å². The number of ether oxygens (including phenoxy) is 2. The predicted molar refractivity (Wildman–Crippen MR) is 113 cm³/mol. The van der Waals surface area contributed by atoms with Crippen LogP contribution in [-0.4, -0.2) is 29.1 Å². The molecule has 2 N–H and O–H groups in total.